The van der Waals surface area contributed by atoms with Crippen molar-refractivity contribution >= 4 is 16.0 Å². The van der Waals surface area contributed by atoms with Gasteiger partial charge in [0.15, 0.2) is 16.5 Å². The summed E-state index contributed by atoms with van der Waals surface area (Å²) in [5.74, 6) is -0.154. The minimum atomic E-state index is -3.95. The van der Waals surface area contributed by atoms with Crippen LogP contribution in [0.3, 0.4) is 0 Å². The molecule has 0 saturated carbocycles. The minimum absolute atomic E-state index is 0.107. The highest BCUT2D eigenvalue weighted by molar-refractivity contribution is 7.89. The van der Waals surface area contributed by atoms with Gasteiger partial charge in [0, 0.05) is 19.8 Å². The Bertz CT molecular complexity index is 969. The van der Waals surface area contributed by atoms with E-state index >= 15 is 0 Å². The summed E-state index contributed by atoms with van der Waals surface area (Å²) in [4.78, 5) is 15.4. The highest BCUT2D eigenvalue weighted by Gasteiger charge is 2.39. The van der Waals surface area contributed by atoms with Crippen LogP contribution in [-0.4, -0.2) is 54.1 Å². The van der Waals surface area contributed by atoms with Crippen molar-refractivity contribution in [3.63, 3.8) is 0 Å². The molecule has 0 amide bonds. The maximum atomic E-state index is 13.1. The Morgan fingerprint density at radius 2 is 1.96 bits per heavy atom. The van der Waals surface area contributed by atoms with Crippen molar-refractivity contribution in [1.29, 1.82) is 0 Å². The van der Waals surface area contributed by atoms with E-state index in [-0.39, 0.29) is 18.0 Å². The highest BCUT2D eigenvalue weighted by atomic mass is 32.2. The number of carbonyl (C=O) groups is 1. The maximum absolute atomic E-state index is 13.1. The van der Waals surface area contributed by atoms with Gasteiger partial charge in [0.2, 0.25) is 0 Å². The van der Waals surface area contributed by atoms with Crippen LogP contribution in [0.4, 0.5) is 0 Å². The Morgan fingerprint density at radius 3 is 2.52 bits per heavy atom. The molecule has 146 valence electrons. The summed E-state index contributed by atoms with van der Waals surface area (Å²) in [6.45, 7) is 0.152. The summed E-state index contributed by atoms with van der Waals surface area (Å²) in [7, 11) is 0.709. The summed E-state index contributed by atoms with van der Waals surface area (Å²) in [5.41, 5.74) is 1.44. The molecule has 0 fully saturated rings. The lowest BCUT2D eigenvalue weighted by Gasteiger charge is -2.35. The van der Waals surface area contributed by atoms with Crippen molar-refractivity contribution in [2.24, 2.45) is 7.05 Å². The molecule has 3 rings (SSSR count). The molecular formula is C17H21N3O6S. The summed E-state index contributed by atoms with van der Waals surface area (Å²) in [6, 6.07) is 2.56. The second-order valence-corrected chi connectivity index (χ2v) is 8.10. The van der Waals surface area contributed by atoms with Gasteiger partial charge in [0.25, 0.3) is 10.0 Å². The van der Waals surface area contributed by atoms with Gasteiger partial charge >= 0.3 is 5.97 Å². The Balaban J connectivity index is 2.11. The number of sulfonamides is 1. The summed E-state index contributed by atoms with van der Waals surface area (Å²) in [6.07, 6.45) is 2.86. The first-order chi connectivity index (χ1) is 12.8. The first-order valence-corrected chi connectivity index (χ1v) is 9.68. The van der Waals surface area contributed by atoms with Crippen molar-refractivity contribution in [3.05, 3.63) is 35.8 Å². The molecule has 1 aliphatic rings. The first kappa shape index (κ1) is 19.2. The number of carboxylic acids is 1. The third-order valence-electron chi connectivity index (χ3n) is 4.58. The number of aryl methyl sites for hydroxylation is 1. The van der Waals surface area contributed by atoms with Crippen LogP contribution in [0.2, 0.25) is 0 Å². The van der Waals surface area contributed by atoms with Crippen LogP contribution in [0.15, 0.2) is 29.7 Å². The molecule has 1 unspecified atom stereocenters. The number of imidazole rings is 1. The molecule has 2 aromatic rings. The highest BCUT2D eigenvalue weighted by Crippen LogP contribution is 2.41. The molecule has 0 radical (unpaired) electrons. The Hall–Kier alpha value is -2.59. The second kappa shape index (κ2) is 7.20. The minimum Gasteiger partial charge on any atom is -0.493 e. The van der Waals surface area contributed by atoms with E-state index in [1.54, 1.807) is 19.2 Å². The topological polar surface area (TPSA) is 111 Å². The molecule has 1 N–H and O–H groups in total. The van der Waals surface area contributed by atoms with Crippen molar-refractivity contribution in [3.8, 4) is 11.5 Å². The van der Waals surface area contributed by atoms with E-state index in [0.717, 1.165) is 5.56 Å². The first-order valence-electron chi connectivity index (χ1n) is 8.24. The van der Waals surface area contributed by atoms with Crippen molar-refractivity contribution in [2.75, 3.05) is 20.8 Å². The third-order valence-corrected chi connectivity index (χ3v) is 6.37. The molecule has 0 bridgehead atoms. The number of hydrogen-bond acceptors (Lipinski definition) is 6. The van der Waals surface area contributed by atoms with Gasteiger partial charge in [-0.3, -0.25) is 4.79 Å². The molecule has 0 spiro atoms. The van der Waals surface area contributed by atoms with Crippen LogP contribution in [0.25, 0.3) is 0 Å². The quantitative estimate of drug-likeness (QED) is 0.782. The van der Waals surface area contributed by atoms with E-state index in [2.05, 4.69) is 4.98 Å². The molecule has 0 saturated heterocycles. The van der Waals surface area contributed by atoms with Crippen LogP contribution < -0.4 is 9.47 Å². The SMILES string of the molecule is COc1cc2c(cc1OC)C(CC(=O)O)N(S(=O)(=O)c1cn(C)cn1)CC2. The zero-order chi connectivity index (χ0) is 19.8. The normalized spacial score (nSPS) is 17.4. The molecule has 9 nitrogen and oxygen atoms in total. The molecule has 1 aromatic heterocycles. The number of ether oxygens (including phenoxy) is 2. The van der Waals surface area contributed by atoms with Crippen LogP contribution >= 0.6 is 0 Å². The average molecular weight is 395 g/mol. The molecule has 1 atom stereocenters. The summed E-state index contributed by atoms with van der Waals surface area (Å²) < 4.78 is 39.5. The summed E-state index contributed by atoms with van der Waals surface area (Å²) in [5, 5.41) is 9.27. The fourth-order valence-corrected chi connectivity index (χ4v) is 4.89. The lowest BCUT2D eigenvalue weighted by molar-refractivity contribution is -0.138. The Labute approximate surface area is 157 Å². The van der Waals surface area contributed by atoms with Gasteiger partial charge in [-0.05, 0) is 29.7 Å². The van der Waals surface area contributed by atoms with Gasteiger partial charge in [-0.1, -0.05) is 0 Å². The van der Waals surface area contributed by atoms with Crippen LogP contribution in [0, 0.1) is 0 Å². The van der Waals surface area contributed by atoms with Crippen LogP contribution in [-0.2, 0) is 28.3 Å². The average Bonchev–Trinajstić information content (AvgIpc) is 3.07. The van der Waals surface area contributed by atoms with E-state index in [9.17, 15) is 18.3 Å². The molecule has 0 aliphatic carbocycles. The van der Waals surface area contributed by atoms with Gasteiger partial charge < -0.3 is 19.1 Å². The molecule has 10 heteroatoms. The van der Waals surface area contributed by atoms with Crippen LogP contribution in [0.5, 0.6) is 11.5 Å². The van der Waals surface area contributed by atoms with Gasteiger partial charge in [-0.15, -0.1) is 0 Å². The summed E-state index contributed by atoms with van der Waals surface area (Å²) >= 11 is 0. The molecule has 1 aliphatic heterocycles. The fourth-order valence-electron chi connectivity index (χ4n) is 3.31. The van der Waals surface area contributed by atoms with Gasteiger partial charge in [-0.25, -0.2) is 13.4 Å². The molecular weight excluding hydrogens is 374 g/mol. The zero-order valence-electron chi connectivity index (χ0n) is 15.2. The fraction of sp³-hybridized carbons (Fsp3) is 0.412. The number of hydrogen-bond donors (Lipinski definition) is 1. The van der Waals surface area contributed by atoms with Gasteiger partial charge in [0.1, 0.15) is 0 Å². The van der Waals surface area contributed by atoms with E-state index in [1.165, 1.54) is 35.6 Å². The number of nitrogens with zero attached hydrogens (tertiary/aromatic N) is 3. The van der Waals surface area contributed by atoms with Gasteiger partial charge in [-0.2, -0.15) is 4.31 Å². The predicted molar refractivity (Wildman–Crippen MR) is 95.3 cm³/mol. The lowest BCUT2D eigenvalue weighted by atomic mass is 9.92. The lowest BCUT2D eigenvalue weighted by Crippen LogP contribution is -2.41. The predicted octanol–water partition coefficient (Wildman–Crippen LogP) is 1.20. The number of carboxylic acid groups (broad SMARTS) is 1. The molecule has 1 aromatic carbocycles. The van der Waals surface area contributed by atoms with Crippen molar-refractivity contribution in [1.82, 2.24) is 13.9 Å². The van der Waals surface area contributed by atoms with E-state index in [4.69, 9.17) is 9.47 Å². The van der Waals surface area contributed by atoms with Crippen molar-refractivity contribution in [2.45, 2.75) is 23.9 Å². The monoisotopic (exact) mass is 395 g/mol. The molecule has 2 heterocycles. The van der Waals surface area contributed by atoms with Crippen LogP contribution in [0.1, 0.15) is 23.6 Å². The maximum Gasteiger partial charge on any atom is 0.305 e. The smallest absolute Gasteiger partial charge is 0.305 e. The largest absolute Gasteiger partial charge is 0.493 e. The van der Waals surface area contributed by atoms with Crippen molar-refractivity contribution < 1.29 is 27.8 Å². The number of rotatable bonds is 6. The third kappa shape index (κ3) is 3.50. The van der Waals surface area contributed by atoms with E-state index in [1.807, 2.05) is 0 Å². The Kier molecular flexibility index (Phi) is 5.11. The van der Waals surface area contributed by atoms with Gasteiger partial charge in [0.05, 0.1) is 33.0 Å². The van der Waals surface area contributed by atoms with E-state index < -0.39 is 22.0 Å². The Morgan fingerprint density at radius 1 is 1.30 bits per heavy atom. The standard InChI is InChI=1S/C17H21N3O6S/c1-19-9-16(18-10-19)27(23,24)20-5-4-11-6-14(25-2)15(26-3)7-12(11)13(20)8-17(21)22/h6-7,9-10,13H,4-5,8H2,1-3H3,(H,21,22). The number of benzene rings is 1. The second-order valence-electron chi connectivity index (χ2n) is 6.26. The number of aromatic nitrogens is 2. The number of methoxy groups -OCH3 is 2. The molecule has 27 heavy (non-hydrogen) atoms. The van der Waals surface area contributed by atoms with E-state index in [0.29, 0.717) is 23.5 Å². The zero-order valence-corrected chi connectivity index (χ0v) is 16.1. The number of aliphatic carboxylic acids is 1. The number of fused-ring (bicyclic) bond motifs is 1.